The third-order valence-corrected chi connectivity index (χ3v) is 2.96. The van der Waals surface area contributed by atoms with Crippen molar-refractivity contribution in [3.8, 4) is 0 Å². The molecule has 0 amide bonds. The van der Waals surface area contributed by atoms with Crippen LogP contribution in [0.1, 0.15) is 6.92 Å². The monoisotopic (exact) mass is 241 g/mol. The van der Waals surface area contributed by atoms with Gasteiger partial charge in [0.1, 0.15) is 0 Å². The highest BCUT2D eigenvalue weighted by Gasteiger charge is 2.05. The van der Waals surface area contributed by atoms with Crippen molar-refractivity contribution in [3.05, 3.63) is 54.3 Å². The van der Waals surface area contributed by atoms with Crippen LogP contribution in [0.4, 0.5) is 5.69 Å². The molecule has 0 aromatic heterocycles. The van der Waals surface area contributed by atoms with Crippen LogP contribution in [0, 0.1) is 0 Å². The van der Waals surface area contributed by atoms with E-state index in [2.05, 4.69) is 47.5 Å². The highest BCUT2D eigenvalue weighted by Crippen LogP contribution is 2.13. The SMILES string of the molecule is CC(=NN(C)c1ccccc1)C1=CCN(C)C=C1. The summed E-state index contributed by atoms with van der Waals surface area (Å²) in [6.45, 7) is 2.98. The maximum absolute atomic E-state index is 4.61. The Morgan fingerprint density at radius 2 is 2.00 bits per heavy atom. The second-order valence-electron chi connectivity index (χ2n) is 4.46. The molecule has 1 aromatic rings. The van der Waals surface area contributed by atoms with Crippen molar-refractivity contribution >= 4 is 11.4 Å². The first-order chi connectivity index (χ1) is 8.66. The number of allylic oxidation sites excluding steroid dienone is 2. The van der Waals surface area contributed by atoms with Gasteiger partial charge in [0.25, 0.3) is 0 Å². The lowest BCUT2D eigenvalue weighted by Gasteiger charge is -2.19. The van der Waals surface area contributed by atoms with Crippen LogP contribution in [0.3, 0.4) is 0 Å². The molecule has 1 aliphatic heterocycles. The summed E-state index contributed by atoms with van der Waals surface area (Å²) in [6.07, 6.45) is 6.37. The molecule has 0 aliphatic carbocycles. The summed E-state index contributed by atoms with van der Waals surface area (Å²) in [6, 6.07) is 10.2. The van der Waals surface area contributed by atoms with E-state index in [4.69, 9.17) is 0 Å². The molecular weight excluding hydrogens is 222 g/mol. The van der Waals surface area contributed by atoms with E-state index in [1.807, 2.05) is 37.2 Å². The number of likely N-dealkylation sites (N-methyl/N-ethyl adjacent to an activating group) is 1. The van der Waals surface area contributed by atoms with Gasteiger partial charge in [0.15, 0.2) is 0 Å². The van der Waals surface area contributed by atoms with Gasteiger partial charge in [0.2, 0.25) is 0 Å². The summed E-state index contributed by atoms with van der Waals surface area (Å²) in [4.78, 5) is 2.14. The molecule has 1 aliphatic rings. The van der Waals surface area contributed by atoms with Gasteiger partial charge in [-0.1, -0.05) is 24.3 Å². The number of benzene rings is 1. The maximum atomic E-state index is 4.61. The Hall–Kier alpha value is -2.03. The summed E-state index contributed by atoms with van der Waals surface area (Å²) in [5.41, 5.74) is 3.32. The van der Waals surface area contributed by atoms with Gasteiger partial charge in [-0.15, -0.1) is 0 Å². The molecule has 0 bridgehead atoms. The fourth-order valence-electron chi connectivity index (χ4n) is 1.83. The quantitative estimate of drug-likeness (QED) is 0.598. The van der Waals surface area contributed by atoms with Crippen molar-refractivity contribution < 1.29 is 0 Å². The van der Waals surface area contributed by atoms with E-state index >= 15 is 0 Å². The summed E-state index contributed by atoms with van der Waals surface area (Å²) in [5.74, 6) is 0. The van der Waals surface area contributed by atoms with Crippen LogP contribution in [-0.4, -0.2) is 31.3 Å². The molecule has 1 aromatic carbocycles. The van der Waals surface area contributed by atoms with E-state index in [1.165, 1.54) is 5.57 Å². The highest BCUT2D eigenvalue weighted by atomic mass is 15.4. The van der Waals surface area contributed by atoms with Gasteiger partial charge in [-0.05, 0) is 36.9 Å². The lowest BCUT2D eigenvalue weighted by Crippen LogP contribution is -2.17. The first-order valence-electron chi connectivity index (χ1n) is 6.10. The fraction of sp³-hybridized carbons (Fsp3) is 0.267. The molecule has 94 valence electrons. The molecule has 0 unspecified atom stereocenters. The average Bonchev–Trinajstić information content (AvgIpc) is 2.40. The maximum Gasteiger partial charge on any atom is 0.0648 e. The normalized spacial score (nSPS) is 15.6. The average molecular weight is 241 g/mol. The predicted molar refractivity (Wildman–Crippen MR) is 77.8 cm³/mol. The van der Waals surface area contributed by atoms with Crippen LogP contribution in [-0.2, 0) is 0 Å². The lowest BCUT2D eigenvalue weighted by molar-refractivity contribution is 0.503. The zero-order chi connectivity index (χ0) is 13.0. The molecule has 1 heterocycles. The predicted octanol–water partition coefficient (Wildman–Crippen LogP) is 2.88. The highest BCUT2D eigenvalue weighted by molar-refractivity contribution is 6.01. The van der Waals surface area contributed by atoms with E-state index in [1.54, 1.807) is 0 Å². The van der Waals surface area contributed by atoms with E-state index < -0.39 is 0 Å². The van der Waals surface area contributed by atoms with Crippen LogP contribution in [0.15, 0.2) is 59.4 Å². The number of para-hydroxylation sites is 1. The molecular formula is C15H19N3. The van der Waals surface area contributed by atoms with Crippen molar-refractivity contribution in [2.24, 2.45) is 5.10 Å². The molecule has 2 rings (SSSR count). The summed E-state index contributed by atoms with van der Waals surface area (Å²) in [5, 5.41) is 6.51. The lowest BCUT2D eigenvalue weighted by atomic mass is 10.1. The minimum Gasteiger partial charge on any atom is -0.377 e. The summed E-state index contributed by atoms with van der Waals surface area (Å²) in [7, 11) is 4.03. The molecule has 3 heteroatoms. The summed E-state index contributed by atoms with van der Waals surface area (Å²) >= 11 is 0. The van der Waals surface area contributed by atoms with Gasteiger partial charge in [-0.25, -0.2) is 0 Å². The molecule has 18 heavy (non-hydrogen) atoms. The standard InChI is InChI=1S/C15H19N3/c1-13(14-9-11-17(2)12-10-14)16-18(3)15-7-5-4-6-8-15/h4-11H,12H2,1-3H3. The molecule has 0 N–H and O–H groups in total. The molecule has 0 radical (unpaired) electrons. The van der Waals surface area contributed by atoms with Crippen LogP contribution in [0.2, 0.25) is 0 Å². The topological polar surface area (TPSA) is 18.8 Å². The van der Waals surface area contributed by atoms with Gasteiger partial charge >= 0.3 is 0 Å². The van der Waals surface area contributed by atoms with Crippen LogP contribution < -0.4 is 5.01 Å². The van der Waals surface area contributed by atoms with Gasteiger partial charge in [-0.2, -0.15) is 5.10 Å². The minimum absolute atomic E-state index is 0.938. The first-order valence-corrected chi connectivity index (χ1v) is 6.10. The zero-order valence-electron chi connectivity index (χ0n) is 11.2. The number of hydrazone groups is 1. The van der Waals surface area contributed by atoms with E-state index in [0.29, 0.717) is 0 Å². The first kappa shape index (κ1) is 12.4. The van der Waals surface area contributed by atoms with Crippen LogP contribution >= 0.6 is 0 Å². The Labute approximate surface area is 109 Å². The molecule has 0 spiro atoms. The van der Waals surface area contributed by atoms with E-state index in [-0.39, 0.29) is 0 Å². The minimum atomic E-state index is 0.938. The Kier molecular flexibility index (Phi) is 3.82. The molecule has 0 saturated heterocycles. The van der Waals surface area contributed by atoms with Crippen LogP contribution in [0.5, 0.6) is 0 Å². The second kappa shape index (κ2) is 5.54. The van der Waals surface area contributed by atoms with E-state index in [9.17, 15) is 0 Å². The smallest absolute Gasteiger partial charge is 0.0648 e. The fourth-order valence-corrected chi connectivity index (χ4v) is 1.83. The largest absolute Gasteiger partial charge is 0.377 e. The Balaban J connectivity index is 2.12. The third-order valence-electron chi connectivity index (χ3n) is 2.96. The van der Waals surface area contributed by atoms with E-state index in [0.717, 1.165) is 17.9 Å². The number of hydrogen-bond donors (Lipinski definition) is 0. The Bertz CT molecular complexity index is 486. The van der Waals surface area contributed by atoms with Crippen LogP contribution in [0.25, 0.3) is 0 Å². The van der Waals surface area contributed by atoms with Gasteiger partial charge < -0.3 is 4.90 Å². The number of nitrogens with zero attached hydrogens (tertiary/aromatic N) is 3. The molecule has 0 saturated carbocycles. The van der Waals surface area contributed by atoms with Gasteiger partial charge in [-0.3, -0.25) is 5.01 Å². The van der Waals surface area contributed by atoms with Gasteiger partial charge in [0, 0.05) is 20.6 Å². The van der Waals surface area contributed by atoms with Crippen molar-refractivity contribution in [2.45, 2.75) is 6.92 Å². The van der Waals surface area contributed by atoms with Crippen molar-refractivity contribution in [2.75, 3.05) is 25.6 Å². The molecule has 3 nitrogen and oxygen atoms in total. The van der Waals surface area contributed by atoms with Crippen molar-refractivity contribution in [1.29, 1.82) is 0 Å². The second-order valence-corrected chi connectivity index (χ2v) is 4.46. The number of anilines is 1. The Morgan fingerprint density at radius 1 is 1.28 bits per heavy atom. The molecule has 0 fully saturated rings. The number of rotatable bonds is 3. The summed E-state index contributed by atoms with van der Waals surface area (Å²) < 4.78 is 0. The van der Waals surface area contributed by atoms with Crippen molar-refractivity contribution in [3.63, 3.8) is 0 Å². The Morgan fingerprint density at radius 3 is 2.61 bits per heavy atom. The molecule has 0 atom stereocenters. The third kappa shape index (κ3) is 3.00. The number of hydrogen-bond acceptors (Lipinski definition) is 3. The zero-order valence-corrected chi connectivity index (χ0v) is 11.2. The van der Waals surface area contributed by atoms with Gasteiger partial charge in [0.05, 0.1) is 11.4 Å². The van der Waals surface area contributed by atoms with Crippen molar-refractivity contribution in [1.82, 2.24) is 4.90 Å².